The number of nitrogens with one attached hydrogen (secondary N) is 3. The zero-order chi connectivity index (χ0) is 22.8. The Kier molecular flexibility index (Phi) is 6.06. The number of benzene rings is 1. The highest BCUT2D eigenvalue weighted by molar-refractivity contribution is 6.05. The second-order valence-electron chi connectivity index (χ2n) is 8.75. The Hall–Kier alpha value is -3.30. The molecule has 0 aliphatic carbocycles. The summed E-state index contributed by atoms with van der Waals surface area (Å²) in [5.41, 5.74) is 3.75. The van der Waals surface area contributed by atoms with Gasteiger partial charge in [-0.25, -0.2) is 4.98 Å². The summed E-state index contributed by atoms with van der Waals surface area (Å²) in [6.07, 6.45) is 2.49. The lowest BCUT2D eigenvalue weighted by Crippen LogP contribution is -2.52. The summed E-state index contributed by atoms with van der Waals surface area (Å²) in [4.78, 5) is 45.0. The van der Waals surface area contributed by atoms with Crippen molar-refractivity contribution in [2.45, 2.75) is 38.5 Å². The van der Waals surface area contributed by atoms with Crippen LogP contribution < -0.4 is 20.9 Å². The van der Waals surface area contributed by atoms with E-state index >= 15 is 0 Å². The Labute approximate surface area is 192 Å². The van der Waals surface area contributed by atoms with Crippen molar-refractivity contribution in [3.63, 3.8) is 0 Å². The lowest BCUT2D eigenvalue weighted by Gasteiger charge is -2.29. The summed E-state index contributed by atoms with van der Waals surface area (Å²) in [5, 5.41) is 9.15. The van der Waals surface area contributed by atoms with Crippen LogP contribution in [-0.2, 0) is 29.2 Å². The normalized spacial score (nSPS) is 20.7. The first-order valence-corrected chi connectivity index (χ1v) is 11.5. The molecule has 3 amide bonds. The van der Waals surface area contributed by atoms with Gasteiger partial charge in [0.05, 0.1) is 0 Å². The smallest absolute Gasteiger partial charge is 0.255 e. The molecule has 2 fully saturated rings. The minimum Gasteiger partial charge on any atom is -0.354 e. The van der Waals surface area contributed by atoms with Crippen molar-refractivity contribution in [1.29, 1.82) is 0 Å². The second-order valence-corrected chi connectivity index (χ2v) is 8.75. The third-order valence-corrected chi connectivity index (χ3v) is 6.50. The molecule has 33 heavy (non-hydrogen) atoms. The predicted octanol–water partition coefficient (Wildman–Crippen LogP) is 0.542. The van der Waals surface area contributed by atoms with Crippen LogP contribution in [0.5, 0.6) is 0 Å². The second kappa shape index (κ2) is 9.29. The van der Waals surface area contributed by atoms with Crippen LogP contribution in [0.25, 0.3) is 0 Å². The molecule has 1 aromatic carbocycles. The van der Waals surface area contributed by atoms with Crippen LogP contribution in [0.2, 0.25) is 0 Å². The molecule has 4 heterocycles. The minimum atomic E-state index is -0.583. The fraction of sp³-hybridized carbons (Fsp3) is 0.417. The highest BCUT2D eigenvalue weighted by Gasteiger charge is 2.39. The number of imide groups is 1. The van der Waals surface area contributed by atoms with Crippen molar-refractivity contribution >= 4 is 23.5 Å². The molecule has 1 atom stereocenters. The average molecular weight is 449 g/mol. The standard InChI is InChI=1S/C24H28N6O3/c31-22-4-3-20(23(32)28-22)30-15-18-2-1-16(11-19(18)24(30)33)13-26-14-17-5-6-27-21(12-17)29-9-7-25-8-10-29/h1-2,5-6,11-12,20,25-26H,3-4,7-10,13-15H2,(H,28,31,32). The summed E-state index contributed by atoms with van der Waals surface area (Å²) in [6, 6.07) is 9.46. The maximum absolute atomic E-state index is 13.0. The maximum atomic E-state index is 13.0. The van der Waals surface area contributed by atoms with Gasteiger partial charge in [-0.05, 0) is 41.3 Å². The quantitative estimate of drug-likeness (QED) is 0.554. The van der Waals surface area contributed by atoms with Gasteiger partial charge in [0.1, 0.15) is 11.9 Å². The summed E-state index contributed by atoms with van der Waals surface area (Å²) >= 11 is 0. The third kappa shape index (κ3) is 4.60. The van der Waals surface area contributed by atoms with Gasteiger partial charge >= 0.3 is 0 Å². The van der Waals surface area contributed by atoms with Gasteiger partial charge in [-0.3, -0.25) is 19.7 Å². The van der Waals surface area contributed by atoms with Gasteiger partial charge in [0, 0.05) is 64.0 Å². The van der Waals surface area contributed by atoms with Gasteiger partial charge in [0.15, 0.2) is 0 Å². The number of piperazine rings is 1. The number of nitrogens with zero attached hydrogens (tertiary/aromatic N) is 3. The van der Waals surface area contributed by atoms with E-state index in [1.54, 1.807) is 4.90 Å². The molecule has 3 aliphatic rings. The summed E-state index contributed by atoms with van der Waals surface area (Å²) < 4.78 is 0. The molecule has 9 heteroatoms. The van der Waals surface area contributed by atoms with Gasteiger partial charge in [-0.1, -0.05) is 12.1 Å². The topological polar surface area (TPSA) is 107 Å². The van der Waals surface area contributed by atoms with Crippen LogP contribution in [0.3, 0.4) is 0 Å². The van der Waals surface area contributed by atoms with Crippen LogP contribution in [-0.4, -0.2) is 59.8 Å². The summed E-state index contributed by atoms with van der Waals surface area (Å²) in [5.74, 6) is 0.207. The van der Waals surface area contributed by atoms with E-state index in [4.69, 9.17) is 0 Å². The fourth-order valence-corrected chi connectivity index (χ4v) is 4.70. The number of piperidine rings is 1. The number of anilines is 1. The van der Waals surface area contributed by atoms with E-state index in [2.05, 4.69) is 31.9 Å². The number of fused-ring (bicyclic) bond motifs is 1. The molecule has 0 radical (unpaired) electrons. The molecule has 3 aliphatic heterocycles. The van der Waals surface area contributed by atoms with E-state index in [-0.39, 0.29) is 24.1 Å². The Morgan fingerprint density at radius 1 is 1.03 bits per heavy atom. The lowest BCUT2D eigenvalue weighted by molar-refractivity contribution is -0.136. The van der Waals surface area contributed by atoms with Crippen LogP contribution >= 0.6 is 0 Å². The SMILES string of the molecule is O=C1CCC(N2Cc3ccc(CNCc4ccnc(N5CCNCC5)c4)cc3C2=O)C(=O)N1. The number of hydrogen-bond acceptors (Lipinski definition) is 7. The molecule has 0 spiro atoms. The summed E-state index contributed by atoms with van der Waals surface area (Å²) in [6.45, 7) is 5.61. The fourth-order valence-electron chi connectivity index (χ4n) is 4.70. The molecule has 3 N–H and O–H groups in total. The highest BCUT2D eigenvalue weighted by atomic mass is 16.2. The number of hydrogen-bond donors (Lipinski definition) is 3. The first kappa shape index (κ1) is 21.5. The van der Waals surface area contributed by atoms with Crippen molar-refractivity contribution in [2.75, 3.05) is 31.1 Å². The molecule has 2 saturated heterocycles. The Balaban J connectivity index is 1.19. The lowest BCUT2D eigenvalue weighted by atomic mass is 10.0. The van der Waals surface area contributed by atoms with Crippen LogP contribution in [0.4, 0.5) is 5.82 Å². The average Bonchev–Trinajstić information content (AvgIpc) is 3.15. The first-order chi connectivity index (χ1) is 16.1. The zero-order valence-electron chi connectivity index (χ0n) is 18.5. The number of pyridine rings is 1. The molecule has 0 saturated carbocycles. The Morgan fingerprint density at radius 2 is 1.82 bits per heavy atom. The summed E-state index contributed by atoms with van der Waals surface area (Å²) in [7, 11) is 0. The van der Waals surface area contributed by atoms with Crippen LogP contribution in [0, 0.1) is 0 Å². The van der Waals surface area contributed by atoms with Crippen molar-refractivity contribution in [1.82, 2.24) is 25.8 Å². The molecule has 0 bridgehead atoms. The Morgan fingerprint density at radius 3 is 2.61 bits per heavy atom. The predicted molar refractivity (Wildman–Crippen MR) is 122 cm³/mol. The van der Waals surface area contributed by atoms with Crippen LogP contribution in [0.15, 0.2) is 36.5 Å². The van der Waals surface area contributed by atoms with E-state index in [9.17, 15) is 14.4 Å². The molecular formula is C24H28N6O3. The van der Waals surface area contributed by atoms with Gasteiger partial charge in [0.25, 0.3) is 5.91 Å². The largest absolute Gasteiger partial charge is 0.354 e. The number of carbonyl (C=O) groups excluding carboxylic acids is 3. The zero-order valence-corrected chi connectivity index (χ0v) is 18.5. The molecule has 2 aromatic rings. The van der Waals surface area contributed by atoms with Gasteiger partial charge < -0.3 is 20.4 Å². The van der Waals surface area contributed by atoms with E-state index in [1.807, 2.05) is 30.5 Å². The first-order valence-electron chi connectivity index (χ1n) is 11.5. The number of amides is 3. The van der Waals surface area contributed by atoms with Crippen molar-refractivity contribution in [3.05, 3.63) is 58.8 Å². The van der Waals surface area contributed by atoms with E-state index < -0.39 is 6.04 Å². The van der Waals surface area contributed by atoms with E-state index in [0.717, 1.165) is 43.1 Å². The molecule has 5 rings (SSSR count). The van der Waals surface area contributed by atoms with Crippen molar-refractivity contribution < 1.29 is 14.4 Å². The van der Waals surface area contributed by atoms with E-state index in [0.29, 0.717) is 31.6 Å². The maximum Gasteiger partial charge on any atom is 0.255 e. The number of aromatic nitrogens is 1. The Bertz CT molecular complexity index is 1080. The van der Waals surface area contributed by atoms with E-state index in [1.165, 1.54) is 5.56 Å². The molecule has 172 valence electrons. The molecule has 1 aromatic heterocycles. The molecule has 1 unspecified atom stereocenters. The van der Waals surface area contributed by atoms with Gasteiger partial charge in [-0.15, -0.1) is 0 Å². The van der Waals surface area contributed by atoms with Crippen LogP contribution in [0.1, 0.15) is 39.9 Å². The molecular weight excluding hydrogens is 420 g/mol. The highest BCUT2D eigenvalue weighted by Crippen LogP contribution is 2.28. The van der Waals surface area contributed by atoms with Crippen molar-refractivity contribution in [3.8, 4) is 0 Å². The monoisotopic (exact) mass is 448 g/mol. The third-order valence-electron chi connectivity index (χ3n) is 6.50. The molecule has 9 nitrogen and oxygen atoms in total. The van der Waals surface area contributed by atoms with Gasteiger partial charge in [-0.2, -0.15) is 0 Å². The minimum absolute atomic E-state index is 0.142. The van der Waals surface area contributed by atoms with Crippen molar-refractivity contribution in [2.24, 2.45) is 0 Å². The number of carbonyl (C=O) groups is 3. The van der Waals surface area contributed by atoms with Gasteiger partial charge in [0.2, 0.25) is 11.8 Å². The number of rotatable bonds is 6.